The average molecular weight is 420 g/mol. The number of hydrogen-bond donors (Lipinski definition) is 2. The first-order valence-corrected chi connectivity index (χ1v) is 9.63. The standard InChI is InChI=1S/C21H19Cl2NO4/c1-2-3-9-24-18(12-5-4-6-14(25)10-12)17(20(27)21(24)28)19(26)13-7-8-15(22)16(23)11-13/h4-8,10-11,18,25-26H,2-3,9H2,1H3/b19-17-. The molecule has 1 aliphatic rings. The third-order valence-electron chi connectivity index (χ3n) is 4.67. The van der Waals surface area contributed by atoms with E-state index in [9.17, 15) is 19.8 Å². The van der Waals surface area contributed by atoms with Crippen LogP contribution < -0.4 is 0 Å². The highest BCUT2D eigenvalue weighted by Gasteiger charge is 2.45. The molecule has 0 spiro atoms. The highest BCUT2D eigenvalue weighted by molar-refractivity contribution is 6.46. The molecule has 1 fully saturated rings. The van der Waals surface area contributed by atoms with E-state index in [4.69, 9.17) is 23.2 Å². The zero-order valence-electron chi connectivity index (χ0n) is 15.2. The number of aromatic hydroxyl groups is 1. The Bertz CT molecular complexity index is 971. The number of ketones is 1. The second kappa shape index (κ2) is 8.25. The minimum Gasteiger partial charge on any atom is -0.508 e. The van der Waals surface area contributed by atoms with Gasteiger partial charge in [0.15, 0.2) is 0 Å². The zero-order chi connectivity index (χ0) is 20.4. The van der Waals surface area contributed by atoms with Gasteiger partial charge in [-0.3, -0.25) is 9.59 Å². The molecule has 3 rings (SSSR count). The topological polar surface area (TPSA) is 77.8 Å². The maximum Gasteiger partial charge on any atom is 0.295 e. The number of phenolic OH excluding ortho intramolecular Hbond substituents is 1. The number of hydrogen-bond acceptors (Lipinski definition) is 4. The van der Waals surface area contributed by atoms with Crippen LogP contribution in [0.1, 0.15) is 36.9 Å². The SMILES string of the molecule is CCCCN1C(=O)C(=O)/C(=C(\O)c2ccc(Cl)c(Cl)c2)C1c1cccc(O)c1. The summed E-state index contributed by atoms with van der Waals surface area (Å²) in [7, 11) is 0. The van der Waals surface area contributed by atoms with Gasteiger partial charge < -0.3 is 15.1 Å². The Morgan fingerprint density at radius 3 is 2.50 bits per heavy atom. The molecule has 2 N–H and O–H groups in total. The highest BCUT2D eigenvalue weighted by Crippen LogP contribution is 2.40. The number of rotatable bonds is 5. The number of benzene rings is 2. The van der Waals surface area contributed by atoms with E-state index in [0.717, 1.165) is 6.42 Å². The van der Waals surface area contributed by atoms with Crippen molar-refractivity contribution in [1.82, 2.24) is 4.90 Å². The molecule has 0 aromatic heterocycles. The van der Waals surface area contributed by atoms with Crippen molar-refractivity contribution in [1.29, 1.82) is 0 Å². The largest absolute Gasteiger partial charge is 0.508 e. The minimum atomic E-state index is -0.798. The molecule has 146 valence electrons. The third-order valence-corrected chi connectivity index (χ3v) is 5.41. The number of aliphatic hydroxyl groups is 1. The van der Waals surface area contributed by atoms with Gasteiger partial charge >= 0.3 is 0 Å². The summed E-state index contributed by atoms with van der Waals surface area (Å²) in [5.74, 6) is -1.77. The van der Waals surface area contributed by atoms with Crippen LogP contribution in [0.3, 0.4) is 0 Å². The van der Waals surface area contributed by atoms with Gasteiger partial charge in [0.25, 0.3) is 11.7 Å². The molecule has 1 heterocycles. The second-order valence-electron chi connectivity index (χ2n) is 6.57. The smallest absolute Gasteiger partial charge is 0.295 e. The van der Waals surface area contributed by atoms with Crippen LogP contribution in [0.4, 0.5) is 0 Å². The van der Waals surface area contributed by atoms with Crippen LogP contribution in [0.5, 0.6) is 5.75 Å². The Hall–Kier alpha value is -2.50. The highest BCUT2D eigenvalue weighted by atomic mass is 35.5. The number of nitrogens with zero attached hydrogens (tertiary/aromatic N) is 1. The van der Waals surface area contributed by atoms with Crippen LogP contribution in [0, 0.1) is 0 Å². The Kier molecular flexibility index (Phi) is 5.96. The molecule has 2 aromatic rings. The molecule has 0 saturated carbocycles. The molecule has 2 aromatic carbocycles. The first-order chi connectivity index (χ1) is 13.3. The van der Waals surface area contributed by atoms with Crippen LogP contribution in [0.25, 0.3) is 5.76 Å². The van der Waals surface area contributed by atoms with Gasteiger partial charge in [-0.25, -0.2) is 0 Å². The number of carbonyl (C=O) groups excluding carboxylic acids is 2. The van der Waals surface area contributed by atoms with Crippen molar-refractivity contribution in [3.05, 3.63) is 69.2 Å². The Labute approximate surface area is 172 Å². The van der Waals surface area contributed by atoms with Gasteiger partial charge in [0, 0.05) is 12.1 Å². The summed E-state index contributed by atoms with van der Waals surface area (Å²) in [6.45, 7) is 2.34. The number of phenols is 1. The average Bonchev–Trinajstić information content (AvgIpc) is 2.92. The lowest BCUT2D eigenvalue weighted by atomic mass is 9.95. The number of carbonyl (C=O) groups is 2. The Morgan fingerprint density at radius 1 is 1.11 bits per heavy atom. The molecule has 28 heavy (non-hydrogen) atoms. The van der Waals surface area contributed by atoms with Crippen molar-refractivity contribution in [2.45, 2.75) is 25.8 Å². The summed E-state index contributed by atoms with van der Waals surface area (Å²) in [4.78, 5) is 26.9. The van der Waals surface area contributed by atoms with Crippen LogP contribution in [-0.2, 0) is 9.59 Å². The van der Waals surface area contributed by atoms with E-state index in [1.807, 2.05) is 6.92 Å². The molecule has 0 bridgehead atoms. The molecular weight excluding hydrogens is 401 g/mol. The molecule has 1 atom stereocenters. The number of halogens is 2. The molecule has 5 nitrogen and oxygen atoms in total. The van der Waals surface area contributed by atoms with Crippen LogP contribution in [-0.4, -0.2) is 33.3 Å². The first kappa shape index (κ1) is 20.2. The number of unbranched alkanes of at least 4 members (excludes halogenated alkanes) is 1. The number of Topliss-reactive ketones (excluding diaryl/α,β-unsaturated/α-hetero) is 1. The molecule has 7 heteroatoms. The summed E-state index contributed by atoms with van der Waals surface area (Å²) in [5.41, 5.74) is 0.787. The van der Waals surface area contributed by atoms with Crippen molar-refractivity contribution in [3.8, 4) is 5.75 Å². The van der Waals surface area contributed by atoms with E-state index in [0.29, 0.717) is 23.6 Å². The number of amides is 1. The summed E-state index contributed by atoms with van der Waals surface area (Å²) in [6, 6.07) is 10.0. The van der Waals surface area contributed by atoms with Crippen LogP contribution >= 0.6 is 23.2 Å². The summed E-state index contributed by atoms with van der Waals surface area (Å²) >= 11 is 12.0. The lowest BCUT2D eigenvalue weighted by Crippen LogP contribution is -2.30. The maximum atomic E-state index is 12.8. The predicted octanol–water partition coefficient (Wildman–Crippen LogP) is 4.92. The Morgan fingerprint density at radius 2 is 1.86 bits per heavy atom. The minimum absolute atomic E-state index is 0.00752. The zero-order valence-corrected chi connectivity index (χ0v) is 16.7. The number of aliphatic hydroxyl groups excluding tert-OH is 1. The van der Waals surface area contributed by atoms with Crippen LogP contribution in [0.2, 0.25) is 10.0 Å². The molecule has 1 saturated heterocycles. The summed E-state index contributed by atoms with van der Waals surface area (Å²) in [6.07, 6.45) is 1.54. The fourth-order valence-corrected chi connectivity index (χ4v) is 3.58. The lowest BCUT2D eigenvalue weighted by Gasteiger charge is -2.25. The molecular formula is C21H19Cl2NO4. The van der Waals surface area contributed by atoms with Gasteiger partial charge in [-0.05, 0) is 42.3 Å². The van der Waals surface area contributed by atoms with Crippen molar-refractivity contribution in [2.24, 2.45) is 0 Å². The monoisotopic (exact) mass is 419 g/mol. The third kappa shape index (κ3) is 3.73. The van der Waals surface area contributed by atoms with E-state index >= 15 is 0 Å². The predicted molar refractivity (Wildman–Crippen MR) is 108 cm³/mol. The van der Waals surface area contributed by atoms with Crippen LogP contribution in [0.15, 0.2) is 48.0 Å². The van der Waals surface area contributed by atoms with Crippen molar-refractivity contribution >= 4 is 40.7 Å². The first-order valence-electron chi connectivity index (χ1n) is 8.88. The van der Waals surface area contributed by atoms with Gasteiger partial charge in [-0.15, -0.1) is 0 Å². The fourth-order valence-electron chi connectivity index (χ4n) is 3.28. The molecule has 0 aliphatic carbocycles. The summed E-state index contributed by atoms with van der Waals surface area (Å²) in [5, 5.41) is 21.3. The van der Waals surface area contributed by atoms with Gasteiger partial charge in [0.05, 0.1) is 21.7 Å². The van der Waals surface area contributed by atoms with Crippen molar-refractivity contribution in [2.75, 3.05) is 6.54 Å². The van der Waals surface area contributed by atoms with E-state index in [2.05, 4.69) is 0 Å². The fraction of sp³-hybridized carbons (Fsp3) is 0.238. The van der Waals surface area contributed by atoms with Crippen molar-refractivity contribution < 1.29 is 19.8 Å². The Balaban J connectivity index is 2.18. The maximum absolute atomic E-state index is 12.8. The summed E-state index contributed by atoms with van der Waals surface area (Å²) < 4.78 is 0. The molecule has 1 aliphatic heterocycles. The van der Waals surface area contributed by atoms with E-state index in [1.54, 1.807) is 12.1 Å². The van der Waals surface area contributed by atoms with Gasteiger partial charge in [-0.1, -0.05) is 48.7 Å². The van der Waals surface area contributed by atoms with Crippen molar-refractivity contribution in [3.63, 3.8) is 0 Å². The van der Waals surface area contributed by atoms with Gasteiger partial charge in [-0.2, -0.15) is 0 Å². The lowest BCUT2D eigenvalue weighted by molar-refractivity contribution is -0.139. The van der Waals surface area contributed by atoms with E-state index < -0.39 is 17.7 Å². The molecule has 1 unspecified atom stereocenters. The molecule has 0 radical (unpaired) electrons. The van der Waals surface area contributed by atoms with E-state index in [1.165, 1.54) is 35.2 Å². The van der Waals surface area contributed by atoms with Gasteiger partial charge in [0.2, 0.25) is 0 Å². The molecule has 1 amide bonds. The van der Waals surface area contributed by atoms with E-state index in [-0.39, 0.29) is 27.7 Å². The van der Waals surface area contributed by atoms with Gasteiger partial charge in [0.1, 0.15) is 11.5 Å². The normalized spacial score (nSPS) is 18.7. The number of likely N-dealkylation sites (tertiary alicyclic amines) is 1. The quantitative estimate of drug-likeness (QED) is 0.409. The second-order valence-corrected chi connectivity index (χ2v) is 7.38.